The number of benzene rings is 3. The molecule has 5 nitrogen and oxygen atoms in total. The number of amides is 1. The molecule has 0 spiro atoms. The van der Waals surface area contributed by atoms with Crippen LogP contribution in [0.5, 0.6) is 11.5 Å². The summed E-state index contributed by atoms with van der Waals surface area (Å²) in [6.07, 6.45) is 1.67. The number of aliphatic carboxylic acids is 1. The third-order valence-electron chi connectivity index (χ3n) is 5.46. The molecule has 0 unspecified atom stereocenters. The second kappa shape index (κ2) is 8.88. The third-order valence-corrected chi connectivity index (χ3v) is 5.46. The van der Waals surface area contributed by atoms with Crippen LogP contribution in [0.15, 0.2) is 90.0 Å². The van der Waals surface area contributed by atoms with Gasteiger partial charge in [-0.05, 0) is 66.8 Å². The average molecular weight is 413 g/mol. The monoisotopic (exact) mass is 413 g/mol. The number of nitrogens with zero attached hydrogens (tertiary/aromatic N) is 1. The fraction of sp³-hybridized carbons (Fsp3) is 0.154. The van der Waals surface area contributed by atoms with Gasteiger partial charge in [0.1, 0.15) is 11.5 Å². The lowest BCUT2D eigenvalue weighted by atomic mass is 10.0. The van der Waals surface area contributed by atoms with Crippen LogP contribution in [0.3, 0.4) is 0 Å². The molecule has 0 bridgehead atoms. The van der Waals surface area contributed by atoms with E-state index in [1.807, 2.05) is 78.9 Å². The first kappa shape index (κ1) is 20.4. The van der Waals surface area contributed by atoms with Crippen molar-refractivity contribution in [2.75, 3.05) is 11.9 Å². The van der Waals surface area contributed by atoms with Gasteiger partial charge in [0.05, 0.1) is 0 Å². The van der Waals surface area contributed by atoms with Gasteiger partial charge in [0, 0.05) is 23.9 Å². The molecule has 156 valence electrons. The summed E-state index contributed by atoms with van der Waals surface area (Å²) in [6, 6.07) is 25.1. The number of hydrogen-bond donors (Lipinski definition) is 1. The summed E-state index contributed by atoms with van der Waals surface area (Å²) in [6.45, 7) is 0. The molecule has 0 radical (unpaired) electrons. The van der Waals surface area contributed by atoms with E-state index in [1.165, 1.54) is 4.90 Å². The Morgan fingerprint density at radius 3 is 1.94 bits per heavy atom. The normalized spacial score (nSPS) is 13.2. The van der Waals surface area contributed by atoms with Gasteiger partial charge in [0.15, 0.2) is 0 Å². The predicted molar refractivity (Wildman–Crippen MR) is 120 cm³/mol. The molecule has 0 saturated heterocycles. The minimum atomic E-state index is -0.996. The van der Waals surface area contributed by atoms with Crippen LogP contribution >= 0.6 is 0 Å². The lowest BCUT2D eigenvalue weighted by molar-refractivity contribution is -0.133. The fourth-order valence-electron chi connectivity index (χ4n) is 3.75. The maximum absolute atomic E-state index is 12.8. The Morgan fingerprint density at radius 2 is 1.32 bits per heavy atom. The number of rotatable bonds is 6. The summed E-state index contributed by atoms with van der Waals surface area (Å²) >= 11 is 0. The highest BCUT2D eigenvalue weighted by Crippen LogP contribution is 2.30. The van der Waals surface area contributed by atoms with Crippen molar-refractivity contribution in [3.8, 4) is 22.6 Å². The summed E-state index contributed by atoms with van der Waals surface area (Å²) in [5.41, 5.74) is 3.43. The van der Waals surface area contributed by atoms with Gasteiger partial charge < -0.3 is 14.7 Å². The minimum absolute atomic E-state index is 0.242. The Labute approximate surface area is 181 Å². The standard InChI is InChI=1S/C26H23NO4/c1-27(25(28)23-8-5-9-24(23)26(29)30)20-14-10-18(11-15-20)19-12-16-22(17-13-19)31-21-6-3-2-4-7-21/h2-4,6-7,10-17H,5,8-9H2,1H3,(H,29,30). The quantitative estimate of drug-likeness (QED) is 0.565. The maximum atomic E-state index is 12.8. The van der Waals surface area contributed by atoms with E-state index in [0.29, 0.717) is 24.8 Å². The molecule has 0 atom stereocenters. The van der Waals surface area contributed by atoms with E-state index in [1.54, 1.807) is 7.05 Å². The number of para-hydroxylation sites is 1. The highest BCUT2D eigenvalue weighted by Gasteiger charge is 2.27. The van der Waals surface area contributed by atoms with E-state index in [9.17, 15) is 14.7 Å². The molecule has 0 fully saturated rings. The molecule has 1 aliphatic carbocycles. The first-order chi connectivity index (χ1) is 15.0. The van der Waals surface area contributed by atoms with Gasteiger partial charge in [0.2, 0.25) is 0 Å². The van der Waals surface area contributed by atoms with Crippen LogP contribution in [0.25, 0.3) is 11.1 Å². The predicted octanol–water partition coefficient (Wildman–Crippen LogP) is 5.67. The zero-order chi connectivity index (χ0) is 21.8. The SMILES string of the molecule is CN(C(=O)C1=C(C(=O)O)CCC1)c1ccc(-c2ccc(Oc3ccccc3)cc2)cc1. The van der Waals surface area contributed by atoms with Gasteiger partial charge in [0.25, 0.3) is 5.91 Å². The van der Waals surface area contributed by atoms with E-state index in [-0.39, 0.29) is 11.5 Å². The number of ether oxygens (including phenoxy) is 1. The fourth-order valence-corrected chi connectivity index (χ4v) is 3.75. The van der Waals surface area contributed by atoms with E-state index in [0.717, 1.165) is 28.3 Å². The molecule has 3 aromatic carbocycles. The second-order valence-corrected chi connectivity index (χ2v) is 7.47. The number of carboxylic acids is 1. The van der Waals surface area contributed by atoms with Crippen molar-refractivity contribution < 1.29 is 19.4 Å². The summed E-state index contributed by atoms with van der Waals surface area (Å²) in [5, 5.41) is 9.31. The van der Waals surface area contributed by atoms with Crippen molar-refractivity contribution in [2.24, 2.45) is 0 Å². The number of carbonyl (C=O) groups excluding carboxylic acids is 1. The number of likely N-dealkylation sites (N-methyl/N-ethyl adjacent to an activating group) is 1. The summed E-state index contributed by atoms with van der Waals surface area (Å²) in [5.74, 6) is 0.307. The van der Waals surface area contributed by atoms with Gasteiger partial charge in [-0.1, -0.05) is 42.5 Å². The van der Waals surface area contributed by atoms with E-state index in [2.05, 4.69) is 0 Å². The summed E-state index contributed by atoms with van der Waals surface area (Å²) in [4.78, 5) is 25.7. The van der Waals surface area contributed by atoms with Gasteiger partial charge in [-0.3, -0.25) is 4.79 Å². The Hall–Kier alpha value is -3.86. The van der Waals surface area contributed by atoms with E-state index < -0.39 is 5.97 Å². The van der Waals surface area contributed by atoms with Crippen molar-refractivity contribution in [2.45, 2.75) is 19.3 Å². The molecule has 0 saturated carbocycles. The molecule has 3 aromatic rings. The van der Waals surface area contributed by atoms with E-state index in [4.69, 9.17) is 4.74 Å². The highest BCUT2D eigenvalue weighted by atomic mass is 16.5. The first-order valence-electron chi connectivity index (χ1n) is 10.2. The maximum Gasteiger partial charge on any atom is 0.332 e. The topological polar surface area (TPSA) is 66.8 Å². The first-order valence-corrected chi connectivity index (χ1v) is 10.2. The Kier molecular flexibility index (Phi) is 5.85. The van der Waals surface area contributed by atoms with Gasteiger partial charge >= 0.3 is 5.97 Å². The van der Waals surface area contributed by atoms with Crippen LogP contribution in [-0.4, -0.2) is 24.0 Å². The van der Waals surface area contributed by atoms with Crippen molar-refractivity contribution >= 4 is 17.6 Å². The number of carboxylic acid groups (broad SMARTS) is 1. The van der Waals surface area contributed by atoms with Crippen molar-refractivity contribution in [3.05, 3.63) is 90.0 Å². The van der Waals surface area contributed by atoms with Crippen LogP contribution in [0.1, 0.15) is 19.3 Å². The van der Waals surface area contributed by atoms with E-state index >= 15 is 0 Å². The minimum Gasteiger partial charge on any atom is -0.478 e. The molecule has 4 rings (SSSR count). The van der Waals surface area contributed by atoms with Crippen LogP contribution in [0.4, 0.5) is 5.69 Å². The Bertz CT molecular complexity index is 1120. The zero-order valence-electron chi connectivity index (χ0n) is 17.2. The molecule has 0 heterocycles. The molecule has 0 aliphatic heterocycles. The molecule has 5 heteroatoms. The molecule has 1 aliphatic rings. The zero-order valence-corrected chi connectivity index (χ0v) is 17.2. The van der Waals surface area contributed by atoms with Crippen LogP contribution < -0.4 is 9.64 Å². The van der Waals surface area contributed by atoms with Crippen molar-refractivity contribution in [1.29, 1.82) is 0 Å². The smallest absolute Gasteiger partial charge is 0.332 e. The summed E-state index contributed by atoms with van der Waals surface area (Å²) in [7, 11) is 1.68. The molecule has 31 heavy (non-hydrogen) atoms. The van der Waals surface area contributed by atoms with Crippen LogP contribution in [0.2, 0.25) is 0 Å². The Balaban J connectivity index is 1.47. The molecule has 1 N–H and O–H groups in total. The molecular formula is C26H23NO4. The number of hydrogen-bond acceptors (Lipinski definition) is 3. The lowest BCUT2D eigenvalue weighted by Gasteiger charge is -2.19. The largest absolute Gasteiger partial charge is 0.478 e. The average Bonchev–Trinajstić information content (AvgIpc) is 3.30. The highest BCUT2D eigenvalue weighted by molar-refractivity contribution is 6.10. The van der Waals surface area contributed by atoms with Crippen LogP contribution in [0, 0.1) is 0 Å². The second-order valence-electron chi connectivity index (χ2n) is 7.47. The Morgan fingerprint density at radius 1 is 0.774 bits per heavy atom. The van der Waals surface area contributed by atoms with Gasteiger partial charge in [-0.25, -0.2) is 4.79 Å². The van der Waals surface area contributed by atoms with Crippen molar-refractivity contribution in [3.63, 3.8) is 0 Å². The molecule has 0 aromatic heterocycles. The number of carbonyl (C=O) groups is 2. The third kappa shape index (κ3) is 4.51. The summed E-state index contributed by atoms with van der Waals surface area (Å²) < 4.78 is 5.83. The molecule has 1 amide bonds. The van der Waals surface area contributed by atoms with Crippen LogP contribution in [-0.2, 0) is 9.59 Å². The van der Waals surface area contributed by atoms with Gasteiger partial charge in [-0.15, -0.1) is 0 Å². The van der Waals surface area contributed by atoms with Crippen molar-refractivity contribution in [1.82, 2.24) is 0 Å². The number of anilines is 1. The lowest BCUT2D eigenvalue weighted by Crippen LogP contribution is -2.28. The molecular weight excluding hydrogens is 390 g/mol. The van der Waals surface area contributed by atoms with Gasteiger partial charge in [-0.2, -0.15) is 0 Å².